The predicted octanol–water partition coefficient (Wildman–Crippen LogP) is 2.49. The third-order valence-corrected chi connectivity index (χ3v) is 4.10. The van der Waals surface area contributed by atoms with Crippen molar-refractivity contribution in [1.29, 1.82) is 0 Å². The molecule has 0 spiro atoms. The Morgan fingerprint density at radius 2 is 1.76 bits per heavy atom. The van der Waals surface area contributed by atoms with Crippen LogP contribution >= 0.6 is 15.9 Å². The molecule has 0 saturated carbocycles. The highest BCUT2D eigenvalue weighted by atomic mass is 79.9. The molecule has 0 aromatic heterocycles. The number of nitrogens with one attached hydrogen (secondary N) is 2. The summed E-state index contributed by atoms with van der Waals surface area (Å²) in [5.74, 6) is 0.0378. The molecule has 1 unspecified atom stereocenters. The van der Waals surface area contributed by atoms with Crippen LogP contribution in [0.2, 0.25) is 0 Å². The van der Waals surface area contributed by atoms with Crippen molar-refractivity contribution < 1.29 is 9.69 Å². The lowest BCUT2D eigenvalue weighted by Gasteiger charge is -2.21. The first-order valence-electron chi connectivity index (χ1n) is 6.99. The van der Waals surface area contributed by atoms with Crippen molar-refractivity contribution in [3.63, 3.8) is 0 Å². The van der Waals surface area contributed by atoms with E-state index < -0.39 is 0 Å². The molecule has 0 aliphatic rings. The van der Waals surface area contributed by atoms with E-state index in [0.29, 0.717) is 0 Å². The van der Waals surface area contributed by atoms with Crippen LogP contribution in [0.3, 0.4) is 0 Å². The van der Waals surface area contributed by atoms with Crippen molar-refractivity contribution in [1.82, 2.24) is 0 Å². The van der Waals surface area contributed by atoms with E-state index in [-0.39, 0.29) is 11.9 Å². The van der Waals surface area contributed by atoms with Crippen LogP contribution < -0.4 is 10.2 Å². The van der Waals surface area contributed by atoms with Gasteiger partial charge in [-0.2, -0.15) is 0 Å². The highest BCUT2D eigenvalue weighted by molar-refractivity contribution is 9.10. The maximum Gasteiger partial charge on any atom is 0.282 e. The molecule has 0 bridgehead atoms. The van der Waals surface area contributed by atoms with Crippen molar-refractivity contribution >= 4 is 27.5 Å². The second kappa shape index (κ2) is 7.38. The monoisotopic (exact) mass is 347 g/mol. The fourth-order valence-corrected chi connectivity index (χ4v) is 2.34. The minimum atomic E-state index is -0.117. The molecule has 2 aromatic carbocycles. The van der Waals surface area contributed by atoms with Crippen LogP contribution in [0.1, 0.15) is 12.5 Å². The molecular weight excluding hydrogens is 328 g/mol. The summed E-state index contributed by atoms with van der Waals surface area (Å²) in [5.41, 5.74) is 2.06. The molecular formula is C17H20BrN2O+. The zero-order valence-electron chi connectivity index (χ0n) is 12.3. The van der Waals surface area contributed by atoms with Gasteiger partial charge in [0.1, 0.15) is 6.54 Å². The Kier molecular flexibility index (Phi) is 5.53. The number of likely N-dealkylation sites (N-methyl/N-ethyl adjacent to an activating group) is 1. The minimum absolute atomic E-state index is 0.0378. The van der Waals surface area contributed by atoms with Gasteiger partial charge < -0.3 is 10.2 Å². The van der Waals surface area contributed by atoms with E-state index in [1.54, 1.807) is 0 Å². The number of rotatable bonds is 5. The van der Waals surface area contributed by atoms with Crippen LogP contribution in [0.25, 0.3) is 0 Å². The van der Waals surface area contributed by atoms with E-state index >= 15 is 0 Å². The fraction of sp³-hybridized carbons (Fsp3) is 0.235. The number of hydrogen-bond donors (Lipinski definition) is 2. The number of halogens is 1. The molecule has 2 atom stereocenters. The Morgan fingerprint density at radius 3 is 2.38 bits per heavy atom. The summed E-state index contributed by atoms with van der Waals surface area (Å²) in [6.07, 6.45) is 0. The van der Waals surface area contributed by atoms with Gasteiger partial charge in [-0.3, -0.25) is 4.79 Å². The normalized spacial score (nSPS) is 13.5. The van der Waals surface area contributed by atoms with Crippen LogP contribution in [-0.4, -0.2) is 19.0 Å². The maximum absolute atomic E-state index is 12.3. The first-order chi connectivity index (χ1) is 10.1. The summed E-state index contributed by atoms with van der Waals surface area (Å²) in [5, 5.41) is 2.95. The van der Waals surface area contributed by atoms with Gasteiger partial charge in [-0.25, -0.2) is 0 Å². The Balaban J connectivity index is 1.93. The topological polar surface area (TPSA) is 33.5 Å². The zero-order valence-corrected chi connectivity index (χ0v) is 13.9. The predicted molar refractivity (Wildman–Crippen MR) is 89.3 cm³/mol. The standard InChI is InChI=1S/C17H19BrN2O/c1-13(17(21)19-16-6-4-3-5-7-16)20(2)12-14-8-10-15(18)11-9-14/h3-11,13H,12H2,1-2H3,(H,19,21)/p+1/t13-/m1/s1. The average molecular weight is 348 g/mol. The Bertz CT molecular complexity index is 583. The van der Waals surface area contributed by atoms with Gasteiger partial charge in [-0.05, 0) is 31.2 Å². The second-order valence-corrected chi connectivity index (χ2v) is 6.14. The van der Waals surface area contributed by atoms with Crippen molar-refractivity contribution in [2.75, 3.05) is 12.4 Å². The number of benzene rings is 2. The molecule has 2 rings (SSSR count). The Morgan fingerprint density at radius 1 is 1.14 bits per heavy atom. The number of carbonyl (C=O) groups is 1. The van der Waals surface area contributed by atoms with Crippen molar-refractivity contribution in [2.45, 2.75) is 19.5 Å². The van der Waals surface area contributed by atoms with E-state index in [9.17, 15) is 4.79 Å². The average Bonchev–Trinajstić information content (AvgIpc) is 2.49. The summed E-state index contributed by atoms with van der Waals surface area (Å²) < 4.78 is 1.07. The van der Waals surface area contributed by atoms with Crippen molar-refractivity contribution in [3.8, 4) is 0 Å². The van der Waals surface area contributed by atoms with E-state index in [4.69, 9.17) is 0 Å². The van der Waals surface area contributed by atoms with Crippen LogP contribution in [0, 0.1) is 0 Å². The van der Waals surface area contributed by atoms with Crippen molar-refractivity contribution in [3.05, 3.63) is 64.6 Å². The molecule has 21 heavy (non-hydrogen) atoms. The molecule has 110 valence electrons. The van der Waals surface area contributed by atoms with E-state index in [1.165, 1.54) is 5.56 Å². The van der Waals surface area contributed by atoms with Gasteiger partial charge in [0.15, 0.2) is 6.04 Å². The SMILES string of the molecule is C[C@H](C(=O)Nc1ccccc1)[NH+](C)Cc1ccc(Br)cc1. The molecule has 0 aliphatic heterocycles. The molecule has 1 amide bonds. The van der Waals surface area contributed by atoms with Gasteiger partial charge >= 0.3 is 0 Å². The van der Waals surface area contributed by atoms with Gasteiger partial charge in [-0.1, -0.05) is 46.3 Å². The van der Waals surface area contributed by atoms with E-state index in [0.717, 1.165) is 21.6 Å². The lowest BCUT2D eigenvalue weighted by molar-refractivity contribution is -0.907. The molecule has 2 N–H and O–H groups in total. The third-order valence-electron chi connectivity index (χ3n) is 3.57. The Hall–Kier alpha value is -1.65. The molecule has 0 heterocycles. The molecule has 0 saturated heterocycles. The zero-order chi connectivity index (χ0) is 15.2. The van der Waals surface area contributed by atoms with Crippen molar-refractivity contribution in [2.24, 2.45) is 0 Å². The number of anilines is 1. The number of quaternary nitrogens is 1. The van der Waals surface area contributed by atoms with Gasteiger partial charge in [0, 0.05) is 15.7 Å². The summed E-state index contributed by atoms with van der Waals surface area (Å²) in [6.45, 7) is 2.77. The fourth-order valence-electron chi connectivity index (χ4n) is 2.07. The van der Waals surface area contributed by atoms with Gasteiger partial charge in [0.2, 0.25) is 0 Å². The summed E-state index contributed by atoms with van der Waals surface area (Å²) in [6, 6.07) is 17.7. The Labute approximate surface area is 134 Å². The summed E-state index contributed by atoms with van der Waals surface area (Å²) in [4.78, 5) is 13.4. The first-order valence-corrected chi connectivity index (χ1v) is 7.78. The molecule has 2 aromatic rings. The van der Waals surface area contributed by atoms with Crippen LogP contribution in [0.5, 0.6) is 0 Å². The largest absolute Gasteiger partial charge is 0.324 e. The second-order valence-electron chi connectivity index (χ2n) is 5.23. The van der Waals surface area contributed by atoms with Gasteiger partial charge in [0.25, 0.3) is 5.91 Å². The van der Waals surface area contributed by atoms with Gasteiger partial charge in [0.05, 0.1) is 7.05 Å². The molecule has 4 heteroatoms. The third kappa shape index (κ3) is 4.69. The quantitative estimate of drug-likeness (QED) is 0.855. The van der Waals surface area contributed by atoms with E-state index in [1.807, 2.05) is 56.4 Å². The highest BCUT2D eigenvalue weighted by Crippen LogP contribution is 2.10. The number of carbonyl (C=O) groups excluding carboxylic acids is 1. The minimum Gasteiger partial charge on any atom is -0.324 e. The molecule has 0 fully saturated rings. The maximum atomic E-state index is 12.3. The number of amides is 1. The molecule has 0 aliphatic carbocycles. The summed E-state index contributed by atoms with van der Waals surface area (Å²) in [7, 11) is 2.04. The first kappa shape index (κ1) is 15.7. The smallest absolute Gasteiger partial charge is 0.282 e. The molecule has 0 radical (unpaired) electrons. The number of hydrogen-bond acceptors (Lipinski definition) is 1. The van der Waals surface area contributed by atoms with Crippen LogP contribution in [0.15, 0.2) is 59.1 Å². The summed E-state index contributed by atoms with van der Waals surface area (Å²) >= 11 is 3.43. The van der Waals surface area contributed by atoms with Gasteiger partial charge in [-0.15, -0.1) is 0 Å². The van der Waals surface area contributed by atoms with Crippen LogP contribution in [-0.2, 0) is 11.3 Å². The lowest BCUT2D eigenvalue weighted by atomic mass is 10.2. The lowest BCUT2D eigenvalue weighted by Crippen LogP contribution is -3.12. The highest BCUT2D eigenvalue weighted by Gasteiger charge is 2.21. The van der Waals surface area contributed by atoms with Crippen LogP contribution in [0.4, 0.5) is 5.69 Å². The van der Waals surface area contributed by atoms with E-state index in [2.05, 4.69) is 33.4 Å². The number of para-hydroxylation sites is 1. The molecule has 3 nitrogen and oxygen atoms in total.